The van der Waals surface area contributed by atoms with Gasteiger partial charge >= 0.3 is 5.97 Å². The number of carbonyl (C=O) groups is 1. The molecule has 0 spiro atoms. The van der Waals surface area contributed by atoms with Crippen LogP contribution >= 0.6 is 0 Å². The number of ether oxygens (including phenoxy) is 1. The van der Waals surface area contributed by atoms with Gasteiger partial charge in [-0.1, -0.05) is 0 Å². The van der Waals surface area contributed by atoms with E-state index >= 15 is 0 Å². The van der Waals surface area contributed by atoms with E-state index in [-0.39, 0.29) is 6.10 Å². The normalized spacial score (nSPS) is 32.9. The van der Waals surface area contributed by atoms with E-state index in [1.807, 2.05) is 0 Å². The van der Waals surface area contributed by atoms with Gasteiger partial charge in [0, 0.05) is 6.61 Å². The molecule has 1 saturated carbocycles. The topological polar surface area (TPSA) is 58.6 Å². The minimum absolute atomic E-state index is 0.151. The Bertz CT molecular complexity index is 215. The third-order valence-electron chi connectivity index (χ3n) is 2.92. The van der Waals surface area contributed by atoms with Crippen molar-refractivity contribution in [3.8, 4) is 0 Å². The Hall–Kier alpha value is -0.610. The maximum atomic E-state index is 10.7. The van der Waals surface area contributed by atoms with E-state index in [4.69, 9.17) is 9.84 Å². The average molecular weight is 199 g/mol. The molecule has 0 radical (unpaired) electrons. The number of aliphatic carboxylic acids is 1. The lowest BCUT2D eigenvalue weighted by molar-refractivity contribution is -0.141. The van der Waals surface area contributed by atoms with Gasteiger partial charge in [-0.15, -0.1) is 0 Å². The second-order valence-corrected chi connectivity index (χ2v) is 4.27. The average Bonchev–Trinajstić information content (AvgIpc) is 2.99. The Labute approximate surface area is 83.6 Å². The van der Waals surface area contributed by atoms with Crippen LogP contribution in [0, 0.1) is 5.92 Å². The first-order chi connectivity index (χ1) is 6.75. The lowest BCUT2D eigenvalue weighted by atomic mass is 10.0. The van der Waals surface area contributed by atoms with Crippen LogP contribution < -0.4 is 5.32 Å². The van der Waals surface area contributed by atoms with Crippen molar-refractivity contribution < 1.29 is 14.6 Å². The molecule has 2 atom stereocenters. The van der Waals surface area contributed by atoms with Crippen molar-refractivity contribution >= 4 is 5.97 Å². The van der Waals surface area contributed by atoms with Crippen molar-refractivity contribution in [1.29, 1.82) is 0 Å². The zero-order chi connectivity index (χ0) is 9.97. The number of piperidine rings is 1. The minimum atomic E-state index is -0.760. The Kier molecular flexibility index (Phi) is 3.03. The quantitative estimate of drug-likeness (QED) is 0.696. The van der Waals surface area contributed by atoms with Gasteiger partial charge in [-0.05, 0) is 38.1 Å². The number of hydrogen-bond acceptors (Lipinski definition) is 3. The van der Waals surface area contributed by atoms with Crippen LogP contribution in [0.1, 0.15) is 25.7 Å². The maximum absolute atomic E-state index is 10.7. The zero-order valence-corrected chi connectivity index (χ0v) is 8.24. The number of nitrogens with one attached hydrogen (secondary N) is 1. The highest BCUT2D eigenvalue weighted by Crippen LogP contribution is 2.30. The van der Waals surface area contributed by atoms with Crippen LogP contribution in [-0.2, 0) is 9.53 Å². The summed E-state index contributed by atoms with van der Waals surface area (Å²) >= 11 is 0. The summed E-state index contributed by atoms with van der Waals surface area (Å²) in [6.07, 6.45) is 4.28. The fraction of sp³-hybridized carbons (Fsp3) is 0.900. The van der Waals surface area contributed by atoms with Gasteiger partial charge in [0.25, 0.3) is 0 Å². The summed E-state index contributed by atoms with van der Waals surface area (Å²) in [6, 6.07) is -0.409. The first-order valence-electron chi connectivity index (χ1n) is 5.33. The molecule has 0 aromatic carbocycles. The molecule has 0 amide bonds. The van der Waals surface area contributed by atoms with Gasteiger partial charge in [0.1, 0.15) is 6.04 Å². The van der Waals surface area contributed by atoms with Crippen LogP contribution in [0.4, 0.5) is 0 Å². The molecule has 1 saturated heterocycles. The molecular formula is C10H17NO3. The van der Waals surface area contributed by atoms with E-state index in [0.717, 1.165) is 25.5 Å². The molecule has 2 fully saturated rings. The first-order valence-corrected chi connectivity index (χ1v) is 5.33. The molecule has 2 aliphatic rings. The van der Waals surface area contributed by atoms with Gasteiger partial charge in [-0.3, -0.25) is 4.79 Å². The second-order valence-electron chi connectivity index (χ2n) is 4.27. The predicted octanol–water partition coefficient (Wildman–Crippen LogP) is 0.618. The molecule has 1 aliphatic heterocycles. The van der Waals surface area contributed by atoms with E-state index in [1.54, 1.807) is 0 Å². The van der Waals surface area contributed by atoms with E-state index in [1.165, 1.54) is 12.8 Å². The Morgan fingerprint density at radius 1 is 1.43 bits per heavy atom. The molecule has 0 bridgehead atoms. The fourth-order valence-electron chi connectivity index (χ4n) is 1.78. The van der Waals surface area contributed by atoms with Crippen LogP contribution in [0.2, 0.25) is 0 Å². The number of hydrogen-bond donors (Lipinski definition) is 2. The summed E-state index contributed by atoms with van der Waals surface area (Å²) in [7, 11) is 0. The number of carboxylic acid groups (broad SMARTS) is 1. The van der Waals surface area contributed by atoms with Gasteiger partial charge in [0.2, 0.25) is 0 Å². The van der Waals surface area contributed by atoms with E-state index < -0.39 is 12.0 Å². The van der Waals surface area contributed by atoms with Gasteiger partial charge in [-0.25, -0.2) is 0 Å². The molecule has 0 aromatic heterocycles. The highest BCUT2D eigenvalue weighted by atomic mass is 16.5. The zero-order valence-electron chi connectivity index (χ0n) is 8.24. The number of carboxylic acids is 1. The molecular weight excluding hydrogens is 182 g/mol. The standard InChI is InChI=1S/C10H17NO3/c12-10(13)9-5-8(3-4-11-9)14-6-7-1-2-7/h7-9,11H,1-6H2,(H,12,13). The minimum Gasteiger partial charge on any atom is -0.480 e. The van der Waals surface area contributed by atoms with E-state index in [2.05, 4.69) is 5.32 Å². The molecule has 4 nitrogen and oxygen atoms in total. The molecule has 2 unspecified atom stereocenters. The van der Waals surface area contributed by atoms with Crippen LogP contribution in [0.3, 0.4) is 0 Å². The highest BCUT2D eigenvalue weighted by Gasteiger charge is 2.29. The van der Waals surface area contributed by atoms with Crippen molar-refractivity contribution in [3.05, 3.63) is 0 Å². The van der Waals surface area contributed by atoms with Crippen molar-refractivity contribution in [2.24, 2.45) is 5.92 Å². The van der Waals surface area contributed by atoms with E-state index in [9.17, 15) is 4.79 Å². The Balaban J connectivity index is 1.72. The summed E-state index contributed by atoms with van der Waals surface area (Å²) < 4.78 is 5.68. The summed E-state index contributed by atoms with van der Waals surface area (Å²) in [5, 5.41) is 11.8. The molecule has 2 rings (SSSR count). The van der Waals surface area contributed by atoms with Crippen molar-refractivity contribution in [2.45, 2.75) is 37.8 Å². The predicted molar refractivity (Wildman–Crippen MR) is 51.1 cm³/mol. The molecule has 14 heavy (non-hydrogen) atoms. The molecule has 1 heterocycles. The van der Waals surface area contributed by atoms with Crippen molar-refractivity contribution in [3.63, 3.8) is 0 Å². The summed E-state index contributed by atoms with van der Waals surface area (Å²) in [4.78, 5) is 10.7. The monoisotopic (exact) mass is 199 g/mol. The van der Waals surface area contributed by atoms with Gasteiger partial charge in [-0.2, -0.15) is 0 Å². The van der Waals surface area contributed by atoms with Gasteiger partial charge < -0.3 is 15.2 Å². The first kappa shape index (κ1) is 9.93. The third-order valence-corrected chi connectivity index (χ3v) is 2.92. The summed E-state index contributed by atoms with van der Waals surface area (Å²) in [6.45, 7) is 1.59. The lowest BCUT2D eigenvalue weighted by Crippen LogP contribution is -2.46. The Morgan fingerprint density at radius 3 is 2.86 bits per heavy atom. The number of rotatable bonds is 4. The van der Waals surface area contributed by atoms with Crippen LogP contribution in [-0.4, -0.2) is 36.4 Å². The fourth-order valence-corrected chi connectivity index (χ4v) is 1.78. The lowest BCUT2D eigenvalue weighted by Gasteiger charge is -2.27. The molecule has 0 aromatic rings. The van der Waals surface area contributed by atoms with Crippen molar-refractivity contribution in [2.75, 3.05) is 13.2 Å². The molecule has 80 valence electrons. The summed E-state index contributed by atoms with van der Waals surface area (Å²) in [5.74, 6) is -0.00196. The van der Waals surface area contributed by atoms with Crippen LogP contribution in [0.25, 0.3) is 0 Å². The second kappa shape index (κ2) is 4.28. The smallest absolute Gasteiger partial charge is 0.320 e. The molecule has 2 N–H and O–H groups in total. The van der Waals surface area contributed by atoms with Gasteiger partial charge in [0.15, 0.2) is 0 Å². The molecule has 1 aliphatic carbocycles. The van der Waals surface area contributed by atoms with Gasteiger partial charge in [0.05, 0.1) is 6.10 Å². The summed E-state index contributed by atoms with van der Waals surface area (Å²) in [5.41, 5.74) is 0. The molecule has 4 heteroatoms. The Morgan fingerprint density at radius 2 is 2.21 bits per heavy atom. The highest BCUT2D eigenvalue weighted by molar-refractivity contribution is 5.73. The largest absolute Gasteiger partial charge is 0.480 e. The van der Waals surface area contributed by atoms with E-state index in [0.29, 0.717) is 6.42 Å². The third kappa shape index (κ3) is 2.69. The van der Waals surface area contributed by atoms with Crippen LogP contribution in [0.5, 0.6) is 0 Å². The SMILES string of the molecule is O=C(O)C1CC(OCC2CC2)CCN1. The van der Waals surface area contributed by atoms with Crippen LogP contribution in [0.15, 0.2) is 0 Å². The van der Waals surface area contributed by atoms with Crippen molar-refractivity contribution in [1.82, 2.24) is 5.32 Å². The maximum Gasteiger partial charge on any atom is 0.320 e.